The minimum atomic E-state index is -0.420. The summed E-state index contributed by atoms with van der Waals surface area (Å²) in [6.07, 6.45) is -0.361. The highest BCUT2D eigenvalue weighted by Crippen LogP contribution is 2.19. The number of rotatable bonds is 4. The number of carbonyl (C=O) groups excluding carboxylic acids is 1. The minimum Gasteiger partial charge on any atom is -0.363 e. The molecule has 1 rings (SSSR count). The van der Waals surface area contributed by atoms with Gasteiger partial charge in [0.1, 0.15) is 6.10 Å². The Balaban J connectivity index is 2.84. The molecule has 0 amide bonds. The van der Waals surface area contributed by atoms with Gasteiger partial charge >= 0.3 is 0 Å². The number of ether oxygens (including phenoxy) is 1. The molecule has 76 valence electrons. The van der Waals surface area contributed by atoms with Gasteiger partial charge in [0.15, 0.2) is 5.78 Å². The van der Waals surface area contributed by atoms with E-state index in [0.29, 0.717) is 0 Å². The lowest BCUT2D eigenvalue weighted by Crippen LogP contribution is -2.17. The van der Waals surface area contributed by atoms with E-state index in [1.807, 2.05) is 44.2 Å². The summed E-state index contributed by atoms with van der Waals surface area (Å²) in [6.45, 7) is 5.41. The van der Waals surface area contributed by atoms with Crippen LogP contribution >= 0.6 is 0 Å². The van der Waals surface area contributed by atoms with Crippen molar-refractivity contribution in [1.82, 2.24) is 0 Å². The fourth-order valence-corrected chi connectivity index (χ4v) is 1.31. The first kappa shape index (κ1) is 10.9. The quantitative estimate of drug-likeness (QED) is 0.733. The Bertz CT molecular complexity index is 290. The lowest BCUT2D eigenvalue weighted by molar-refractivity contribution is -0.131. The zero-order chi connectivity index (χ0) is 10.6. The van der Waals surface area contributed by atoms with Crippen LogP contribution in [0.2, 0.25) is 0 Å². The van der Waals surface area contributed by atoms with Gasteiger partial charge in [-0.2, -0.15) is 0 Å². The summed E-state index contributed by atoms with van der Waals surface area (Å²) in [5.74, 6) is 0.0462. The summed E-state index contributed by atoms with van der Waals surface area (Å²) in [4.78, 5) is 11.4. The highest BCUT2D eigenvalue weighted by molar-refractivity contribution is 5.81. The average Bonchev–Trinajstić information content (AvgIpc) is 2.15. The van der Waals surface area contributed by atoms with E-state index in [4.69, 9.17) is 4.74 Å². The first-order chi connectivity index (χ1) is 6.61. The van der Waals surface area contributed by atoms with Crippen molar-refractivity contribution >= 4 is 5.78 Å². The van der Waals surface area contributed by atoms with Crippen LogP contribution in [0.4, 0.5) is 0 Å². The Morgan fingerprint density at radius 1 is 1.21 bits per heavy atom. The van der Waals surface area contributed by atoms with Crippen molar-refractivity contribution in [2.24, 2.45) is 0 Å². The topological polar surface area (TPSA) is 26.3 Å². The van der Waals surface area contributed by atoms with Gasteiger partial charge in [-0.15, -0.1) is 0 Å². The van der Waals surface area contributed by atoms with Gasteiger partial charge in [0.2, 0.25) is 0 Å². The third-order valence-electron chi connectivity index (χ3n) is 1.88. The Kier molecular flexibility index (Phi) is 3.84. The number of carbonyl (C=O) groups is 1. The normalized spacial score (nSPS) is 12.9. The monoisotopic (exact) mass is 192 g/mol. The smallest absolute Gasteiger partial charge is 0.163 e. The van der Waals surface area contributed by atoms with Gasteiger partial charge in [0, 0.05) is 0 Å². The number of hydrogen-bond acceptors (Lipinski definition) is 2. The maximum absolute atomic E-state index is 11.4. The molecule has 0 bridgehead atoms. The third kappa shape index (κ3) is 2.96. The molecule has 0 heterocycles. The van der Waals surface area contributed by atoms with Gasteiger partial charge in [-0.3, -0.25) is 4.79 Å². The first-order valence-electron chi connectivity index (χ1n) is 4.82. The van der Waals surface area contributed by atoms with E-state index in [-0.39, 0.29) is 11.9 Å². The summed E-state index contributed by atoms with van der Waals surface area (Å²) in [6, 6.07) is 9.57. The SMILES string of the molecule is CC(=O)C(OC(C)C)c1ccccc1. The fraction of sp³-hybridized carbons (Fsp3) is 0.417. The fourth-order valence-electron chi connectivity index (χ4n) is 1.31. The third-order valence-corrected chi connectivity index (χ3v) is 1.88. The van der Waals surface area contributed by atoms with Gasteiger partial charge in [-0.05, 0) is 26.3 Å². The lowest BCUT2D eigenvalue weighted by atomic mass is 10.1. The maximum atomic E-state index is 11.4. The van der Waals surface area contributed by atoms with Crippen molar-refractivity contribution in [2.75, 3.05) is 0 Å². The van der Waals surface area contributed by atoms with Crippen LogP contribution in [0.25, 0.3) is 0 Å². The van der Waals surface area contributed by atoms with Crippen LogP contribution in [0.5, 0.6) is 0 Å². The van der Waals surface area contributed by atoms with E-state index in [9.17, 15) is 4.79 Å². The average molecular weight is 192 g/mol. The Labute approximate surface area is 84.9 Å². The summed E-state index contributed by atoms with van der Waals surface area (Å²) in [7, 11) is 0. The van der Waals surface area contributed by atoms with Crippen LogP contribution in [0.1, 0.15) is 32.4 Å². The molecular formula is C12H16O2. The standard InChI is InChI=1S/C12H16O2/c1-9(2)14-12(10(3)13)11-7-5-4-6-8-11/h4-9,12H,1-3H3. The van der Waals surface area contributed by atoms with Crippen LogP contribution in [0.15, 0.2) is 30.3 Å². The van der Waals surface area contributed by atoms with Crippen LogP contribution < -0.4 is 0 Å². The zero-order valence-electron chi connectivity index (χ0n) is 8.86. The maximum Gasteiger partial charge on any atom is 0.163 e. The van der Waals surface area contributed by atoms with Gasteiger partial charge in [-0.25, -0.2) is 0 Å². The first-order valence-corrected chi connectivity index (χ1v) is 4.82. The number of ketones is 1. The van der Waals surface area contributed by atoms with Crippen molar-refractivity contribution in [3.05, 3.63) is 35.9 Å². The molecule has 2 heteroatoms. The van der Waals surface area contributed by atoms with E-state index in [0.717, 1.165) is 5.56 Å². The second-order valence-corrected chi connectivity index (χ2v) is 3.59. The van der Waals surface area contributed by atoms with Crippen molar-refractivity contribution < 1.29 is 9.53 Å². The highest BCUT2D eigenvalue weighted by atomic mass is 16.5. The molecule has 0 fully saturated rings. The molecule has 0 saturated carbocycles. The Morgan fingerprint density at radius 2 is 1.79 bits per heavy atom. The van der Waals surface area contributed by atoms with Crippen LogP contribution in [-0.2, 0) is 9.53 Å². The predicted octanol–water partition coefficient (Wildman–Crippen LogP) is 2.74. The summed E-state index contributed by atoms with van der Waals surface area (Å²) < 4.78 is 5.55. The Morgan fingerprint density at radius 3 is 2.21 bits per heavy atom. The molecule has 0 aliphatic carbocycles. The molecule has 0 spiro atoms. The molecule has 1 unspecified atom stereocenters. The van der Waals surface area contributed by atoms with Crippen molar-refractivity contribution in [3.63, 3.8) is 0 Å². The second-order valence-electron chi connectivity index (χ2n) is 3.59. The molecule has 1 atom stereocenters. The van der Waals surface area contributed by atoms with E-state index < -0.39 is 6.10 Å². The molecule has 0 saturated heterocycles. The summed E-state index contributed by atoms with van der Waals surface area (Å²) in [5, 5.41) is 0. The lowest BCUT2D eigenvalue weighted by Gasteiger charge is -2.17. The minimum absolute atomic E-state index is 0.0462. The molecule has 1 aromatic rings. The molecule has 1 aromatic carbocycles. The predicted molar refractivity (Wildman–Crippen MR) is 56.1 cm³/mol. The van der Waals surface area contributed by atoms with Crippen LogP contribution in [-0.4, -0.2) is 11.9 Å². The van der Waals surface area contributed by atoms with Crippen LogP contribution in [0.3, 0.4) is 0 Å². The largest absolute Gasteiger partial charge is 0.363 e. The van der Waals surface area contributed by atoms with E-state index >= 15 is 0 Å². The second kappa shape index (κ2) is 4.91. The Hall–Kier alpha value is -1.15. The van der Waals surface area contributed by atoms with Gasteiger partial charge in [-0.1, -0.05) is 30.3 Å². The van der Waals surface area contributed by atoms with Crippen molar-refractivity contribution in [2.45, 2.75) is 33.0 Å². The molecule has 14 heavy (non-hydrogen) atoms. The molecule has 0 N–H and O–H groups in total. The summed E-state index contributed by atoms with van der Waals surface area (Å²) >= 11 is 0. The molecular weight excluding hydrogens is 176 g/mol. The van der Waals surface area contributed by atoms with E-state index in [1.165, 1.54) is 0 Å². The van der Waals surface area contributed by atoms with Gasteiger partial charge in [0.05, 0.1) is 6.10 Å². The summed E-state index contributed by atoms with van der Waals surface area (Å²) in [5.41, 5.74) is 0.925. The number of benzene rings is 1. The van der Waals surface area contributed by atoms with Crippen molar-refractivity contribution in [3.8, 4) is 0 Å². The molecule has 0 radical (unpaired) electrons. The van der Waals surface area contributed by atoms with Gasteiger partial charge in [0.25, 0.3) is 0 Å². The molecule has 0 aliphatic rings. The number of Topliss-reactive ketones (excluding diaryl/α,β-unsaturated/α-hetero) is 1. The molecule has 2 nitrogen and oxygen atoms in total. The van der Waals surface area contributed by atoms with E-state index in [2.05, 4.69) is 0 Å². The van der Waals surface area contributed by atoms with E-state index in [1.54, 1.807) is 6.92 Å². The molecule has 0 aromatic heterocycles. The van der Waals surface area contributed by atoms with Crippen molar-refractivity contribution in [1.29, 1.82) is 0 Å². The zero-order valence-corrected chi connectivity index (χ0v) is 8.86. The highest BCUT2D eigenvalue weighted by Gasteiger charge is 2.17. The molecule has 0 aliphatic heterocycles. The number of hydrogen-bond donors (Lipinski definition) is 0. The van der Waals surface area contributed by atoms with Gasteiger partial charge < -0.3 is 4.74 Å². The van der Waals surface area contributed by atoms with Crippen LogP contribution in [0, 0.1) is 0 Å².